The minimum absolute atomic E-state index is 0.0115. The van der Waals surface area contributed by atoms with E-state index in [2.05, 4.69) is 39.0 Å². The fourth-order valence-electron chi connectivity index (χ4n) is 5.52. The third kappa shape index (κ3) is 6.22. The minimum Gasteiger partial charge on any atom is -0.497 e. The monoisotopic (exact) mass is 467 g/mol. The number of nitrogens with zero attached hydrogens (tertiary/aromatic N) is 3. The van der Waals surface area contributed by atoms with E-state index in [0.29, 0.717) is 11.8 Å². The van der Waals surface area contributed by atoms with Crippen LogP contribution in [0.3, 0.4) is 0 Å². The summed E-state index contributed by atoms with van der Waals surface area (Å²) in [6, 6.07) is 12.6. The zero-order valence-electron chi connectivity index (χ0n) is 21.3. The summed E-state index contributed by atoms with van der Waals surface area (Å²) >= 11 is 0. The number of aryl methyl sites for hydroxylation is 1. The molecule has 2 aromatic rings. The number of hydrogen-bond donors (Lipinski definition) is 0. The van der Waals surface area contributed by atoms with E-state index < -0.39 is 0 Å². The molecule has 34 heavy (non-hydrogen) atoms. The first-order chi connectivity index (χ1) is 16.4. The summed E-state index contributed by atoms with van der Waals surface area (Å²) in [4.78, 5) is 20.3. The molecule has 6 nitrogen and oxygen atoms in total. The van der Waals surface area contributed by atoms with Crippen molar-refractivity contribution in [2.45, 2.75) is 46.1 Å². The maximum Gasteiger partial charge on any atom is 0.225 e. The van der Waals surface area contributed by atoms with Gasteiger partial charge in [0.15, 0.2) is 0 Å². The van der Waals surface area contributed by atoms with Gasteiger partial charge in [-0.15, -0.1) is 0 Å². The van der Waals surface area contributed by atoms with Gasteiger partial charge in [-0.25, -0.2) is 0 Å². The highest BCUT2D eigenvalue weighted by Crippen LogP contribution is 2.36. The number of methoxy groups -OCH3 is 1. The highest BCUT2D eigenvalue weighted by Gasteiger charge is 2.36. The smallest absolute Gasteiger partial charge is 0.225 e. The summed E-state index contributed by atoms with van der Waals surface area (Å²) in [6.07, 6.45) is 2.56. The van der Waals surface area contributed by atoms with Crippen molar-refractivity contribution in [3.63, 3.8) is 0 Å². The molecule has 0 radical (unpaired) electrons. The van der Waals surface area contributed by atoms with Crippen LogP contribution in [0.5, 0.6) is 5.75 Å². The van der Waals surface area contributed by atoms with E-state index >= 15 is 0 Å². The molecule has 6 heteroatoms. The van der Waals surface area contributed by atoms with Gasteiger partial charge in [0.1, 0.15) is 17.3 Å². The van der Waals surface area contributed by atoms with Crippen LogP contribution in [0.2, 0.25) is 0 Å². The van der Waals surface area contributed by atoms with Crippen LogP contribution in [0.25, 0.3) is 0 Å². The van der Waals surface area contributed by atoms with Gasteiger partial charge in [0.2, 0.25) is 5.91 Å². The van der Waals surface area contributed by atoms with Crippen LogP contribution in [0, 0.1) is 18.8 Å². The van der Waals surface area contributed by atoms with Gasteiger partial charge in [-0.1, -0.05) is 26.0 Å². The van der Waals surface area contributed by atoms with Crippen molar-refractivity contribution in [2.75, 3.05) is 52.9 Å². The van der Waals surface area contributed by atoms with Crippen LogP contribution in [-0.4, -0.2) is 73.5 Å². The van der Waals surface area contributed by atoms with Crippen molar-refractivity contribution in [1.82, 2.24) is 14.7 Å². The fraction of sp³-hybridized carbons (Fsp3) is 0.607. The maximum atomic E-state index is 13.2. The van der Waals surface area contributed by atoms with Crippen molar-refractivity contribution in [1.29, 1.82) is 0 Å². The predicted octanol–water partition coefficient (Wildman–Crippen LogP) is 4.39. The Morgan fingerprint density at radius 2 is 1.94 bits per heavy atom. The van der Waals surface area contributed by atoms with Gasteiger partial charge in [0.05, 0.1) is 13.7 Å². The summed E-state index contributed by atoms with van der Waals surface area (Å²) in [6.45, 7) is 13.6. The average Bonchev–Trinajstić information content (AvgIpc) is 3.58. The fourth-order valence-corrected chi connectivity index (χ4v) is 5.52. The normalized spacial score (nSPS) is 21.4. The Morgan fingerprint density at radius 3 is 2.62 bits per heavy atom. The molecule has 3 heterocycles. The van der Waals surface area contributed by atoms with Crippen molar-refractivity contribution in [2.24, 2.45) is 11.8 Å². The summed E-state index contributed by atoms with van der Waals surface area (Å²) in [5.41, 5.74) is 1.29. The quantitative estimate of drug-likeness (QED) is 0.519. The molecule has 186 valence electrons. The first kappa shape index (κ1) is 24.8. The standard InChI is InChI=1S/C28H41N3O3/c1-21(2)28(32)31(15-14-29-12-5-6-13-29)18-24-17-30(19-26-11-10-22(3)34-26)20-27(24)23-8-7-9-25(16-23)33-4/h7-11,16,21,24,27H,5-6,12-15,17-20H2,1-4H3/t24-,27-/m1/s1. The van der Waals surface area contributed by atoms with E-state index in [9.17, 15) is 4.79 Å². The first-order valence-corrected chi connectivity index (χ1v) is 12.9. The second-order valence-electron chi connectivity index (χ2n) is 10.3. The lowest BCUT2D eigenvalue weighted by Gasteiger charge is -2.31. The SMILES string of the molecule is COc1cccc([C@H]2CN(Cc3ccc(C)o3)C[C@@H]2CN(CCN2CCCC2)C(=O)C(C)C)c1. The molecule has 0 unspecified atom stereocenters. The molecule has 0 saturated carbocycles. The van der Waals surface area contributed by atoms with Crippen LogP contribution < -0.4 is 4.74 Å². The van der Waals surface area contributed by atoms with Gasteiger partial charge in [0.25, 0.3) is 0 Å². The largest absolute Gasteiger partial charge is 0.497 e. The number of carbonyl (C=O) groups excluding carboxylic acids is 1. The molecule has 1 amide bonds. The van der Waals surface area contributed by atoms with Crippen LogP contribution in [0.15, 0.2) is 40.8 Å². The van der Waals surface area contributed by atoms with Crippen molar-refractivity contribution in [3.05, 3.63) is 53.5 Å². The van der Waals surface area contributed by atoms with E-state index in [0.717, 1.165) is 69.6 Å². The summed E-state index contributed by atoms with van der Waals surface area (Å²) in [7, 11) is 1.72. The predicted molar refractivity (Wildman–Crippen MR) is 135 cm³/mol. The molecule has 0 spiro atoms. The lowest BCUT2D eigenvalue weighted by Crippen LogP contribution is -2.43. The highest BCUT2D eigenvalue weighted by atomic mass is 16.5. The number of rotatable bonds is 10. The average molecular weight is 468 g/mol. The highest BCUT2D eigenvalue weighted by molar-refractivity contribution is 5.78. The van der Waals surface area contributed by atoms with Gasteiger partial charge in [0, 0.05) is 44.6 Å². The molecular formula is C28H41N3O3. The van der Waals surface area contributed by atoms with E-state index in [-0.39, 0.29) is 11.8 Å². The number of benzene rings is 1. The van der Waals surface area contributed by atoms with Gasteiger partial charge in [-0.3, -0.25) is 9.69 Å². The van der Waals surface area contributed by atoms with E-state index in [1.54, 1.807) is 7.11 Å². The summed E-state index contributed by atoms with van der Waals surface area (Å²) < 4.78 is 11.4. The van der Waals surface area contributed by atoms with Gasteiger partial charge in [-0.2, -0.15) is 0 Å². The zero-order valence-corrected chi connectivity index (χ0v) is 21.3. The van der Waals surface area contributed by atoms with Gasteiger partial charge < -0.3 is 19.0 Å². The number of hydrogen-bond acceptors (Lipinski definition) is 5. The number of likely N-dealkylation sites (tertiary alicyclic amines) is 2. The van der Waals surface area contributed by atoms with Crippen LogP contribution in [-0.2, 0) is 11.3 Å². The molecule has 0 aliphatic carbocycles. The molecule has 2 fully saturated rings. The Bertz CT molecular complexity index is 934. The topological polar surface area (TPSA) is 49.2 Å². The molecule has 2 saturated heterocycles. The second kappa shape index (κ2) is 11.4. The molecular weight excluding hydrogens is 426 g/mol. The van der Waals surface area contributed by atoms with Crippen LogP contribution in [0.1, 0.15) is 49.7 Å². The van der Waals surface area contributed by atoms with E-state index in [4.69, 9.17) is 9.15 Å². The molecule has 1 aromatic heterocycles. The third-order valence-corrected chi connectivity index (χ3v) is 7.36. The van der Waals surface area contributed by atoms with Crippen molar-refractivity contribution in [3.8, 4) is 5.75 Å². The molecule has 4 rings (SSSR count). The van der Waals surface area contributed by atoms with Gasteiger partial charge >= 0.3 is 0 Å². The first-order valence-electron chi connectivity index (χ1n) is 12.9. The van der Waals surface area contributed by atoms with Crippen LogP contribution >= 0.6 is 0 Å². The zero-order chi connectivity index (χ0) is 24.1. The summed E-state index contributed by atoms with van der Waals surface area (Å²) in [5.74, 6) is 3.84. The number of carbonyl (C=O) groups is 1. The minimum atomic E-state index is 0.0115. The molecule has 2 aliphatic heterocycles. The van der Waals surface area contributed by atoms with Crippen molar-refractivity contribution < 1.29 is 13.9 Å². The van der Waals surface area contributed by atoms with E-state index in [1.165, 1.54) is 18.4 Å². The number of amides is 1. The Hall–Kier alpha value is -2.31. The Balaban J connectivity index is 1.52. The van der Waals surface area contributed by atoms with Crippen molar-refractivity contribution >= 4 is 5.91 Å². The number of furan rings is 1. The van der Waals surface area contributed by atoms with E-state index in [1.807, 2.05) is 32.9 Å². The maximum absolute atomic E-state index is 13.2. The molecule has 0 bridgehead atoms. The van der Waals surface area contributed by atoms with Gasteiger partial charge in [-0.05, 0) is 68.6 Å². The Kier molecular flexibility index (Phi) is 8.32. The lowest BCUT2D eigenvalue weighted by molar-refractivity contribution is -0.135. The Labute approximate surface area is 204 Å². The number of ether oxygens (including phenoxy) is 1. The summed E-state index contributed by atoms with van der Waals surface area (Å²) in [5, 5.41) is 0. The lowest BCUT2D eigenvalue weighted by atomic mass is 9.88. The molecule has 1 aromatic carbocycles. The third-order valence-electron chi connectivity index (χ3n) is 7.36. The molecule has 2 aliphatic rings. The molecule has 2 atom stereocenters. The van der Waals surface area contributed by atoms with Crippen LogP contribution in [0.4, 0.5) is 0 Å². The molecule has 0 N–H and O–H groups in total. The Morgan fingerprint density at radius 1 is 1.15 bits per heavy atom. The second-order valence-corrected chi connectivity index (χ2v) is 10.3.